The molecule has 7 nitrogen and oxygen atoms in total. The molecule has 34 heavy (non-hydrogen) atoms. The fraction of sp³-hybridized carbons (Fsp3) is 0.500. The molecule has 188 valence electrons. The Labute approximate surface area is 200 Å². The summed E-state index contributed by atoms with van der Waals surface area (Å²) in [5.74, 6) is -1.98. The van der Waals surface area contributed by atoms with E-state index in [1.807, 2.05) is 30.0 Å². The second-order valence-corrected chi connectivity index (χ2v) is 8.92. The number of nitrogens with zero attached hydrogens (tertiary/aromatic N) is 2. The van der Waals surface area contributed by atoms with Crippen LogP contribution in [0, 0.1) is 5.82 Å². The van der Waals surface area contributed by atoms with Gasteiger partial charge in [0.1, 0.15) is 18.1 Å². The number of halogens is 1. The van der Waals surface area contributed by atoms with Crippen molar-refractivity contribution in [2.24, 2.45) is 4.99 Å². The average molecular weight is 477 g/mol. The molecule has 8 heteroatoms. The van der Waals surface area contributed by atoms with Crippen LogP contribution in [0.15, 0.2) is 35.5 Å². The zero-order valence-corrected chi connectivity index (χ0v) is 20.4. The summed E-state index contributed by atoms with van der Waals surface area (Å²) in [6, 6.07) is 6.27. The molecule has 2 heterocycles. The molecular formula is C26H37FN2O5. The van der Waals surface area contributed by atoms with Crippen LogP contribution in [0.3, 0.4) is 0 Å². The van der Waals surface area contributed by atoms with Gasteiger partial charge in [-0.25, -0.2) is 4.39 Å². The molecule has 1 aliphatic rings. The molecule has 0 spiro atoms. The normalized spacial score (nSPS) is 20.3. The van der Waals surface area contributed by atoms with Crippen LogP contribution < -0.4 is 10.6 Å². The molecule has 3 atom stereocenters. The summed E-state index contributed by atoms with van der Waals surface area (Å²) in [6.45, 7) is 10.5. The van der Waals surface area contributed by atoms with Crippen LogP contribution in [0.5, 0.6) is 0 Å². The lowest BCUT2D eigenvalue weighted by Gasteiger charge is -2.21. The van der Waals surface area contributed by atoms with Crippen molar-refractivity contribution < 1.29 is 29.6 Å². The van der Waals surface area contributed by atoms with E-state index in [0.29, 0.717) is 12.0 Å². The van der Waals surface area contributed by atoms with Crippen LogP contribution in [0.25, 0.3) is 12.3 Å². The first-order valence-corrected chi connectivity index (χ1v) is 11.5. The van der Waals surface area contributed by atoms with E-state index in [9.17, 15) is 14.6 Å². The molecule has 0 saturated carbocycles. The number of rotatable bonds is 7. The molecule has 1 aromatic heterocycles. The van der Waals surface area contributed by atoms with Crippen LogP contribution in [-0.2, 0) is 11.3 Å². The predicted octanol–water partition coefficient (Wildman–Crippen LogP) is 2.65. The quantitative estimate of drug-likeness (QED) is 0.363. The Kier molecular flexibility index (Phi) is 10.1. The smallest absolute Gasteiger partial charge is 0.156 e. The van der Waals surface area contributed by atoms with Crippen molar-refractivity contribution >= 4 is 18.5 Å². The summed E-state index contributed by atoms with van der Waals surface area (Å²) >= 11 is 0. The van der Waals surface area contributed by atoms with E-state index in [-0.39, 0.29) is 11.8 Å². The fourth-order valence-electron chi connectivity index (χ4n) is 3.68. The molecule has 0 radical (unpaired) electrons. The van der Waals surface area contributed by atoms with Crippen molar-refractivity contribution in [2.45, 2.75) is 84.2 Å². The first-order valence-electron chi connectivity index (χ1n) is 11.5. The third-order valence-electron chi connectivity index (χ3n) is 5.39. The standard InChI is InChI=1S/C23H29FN2O3.C3H8O2/c1-4-5-11-25-15(2)19-10-12-26(16(19)3)22-9-8-21(29-22)23(28)17-6-7-20(24)18(13-17)14-27;1-3(2,4)5/h6-7,10-13,21-23,27-28H,3-5,8-9,14H2,1-2H3;4-5H,1-2H3/b19-15-,25-11?;. The van der Waals surface area contributed by atoms with Crippen LogP contribution in [0.1, 0.15) is 76.8 Å². The van der Waals surface area contributed by atoms with Crippen LogP contribution in [0.4, 0.5) is 4.39 Å². The molecule has 1 aromatic carbocycles. The van der Waals surface area contributed by atoms with Gasteiger partial charge in [-0.1, -0.05) is 26.0 Å². The number of hydrogen-bond donors (Lipinski definition) is 4. The van der Waals surface area contributed by atoms with E-state index in [1.54, 1.807) is 0 Å². The summed E-state index contributed by atoms with van der Waals surface area (Å²) in [5, 5.41) is 37.9. The molecule has 1 saturated heterocycles. The maximum absolute atomic E-state index is 13.6. The first-order chi connectivity index (χ1) is 16.0. The van der Waals surface area contributed by atoms with Gasteiger partial charge in [0.05, 0.1) is 12.7 Å². The van der Waals surface area contributed by atoms with E-state index in [2.05, 4.69) is 18.5 Å². The van der Waals surface area contributed by atoms with Crippen molar-refractivity contribution in [1.29, 1.82) is 0 Å². The molecule has 4 N–H and O–H groups in total. The topological polar surface area (TPSA) is 107 Å². The van der Waals surface area contributed by atoms with Crippen LogP contribution in [-0.4, -0.2) is 43.1 Å². The average Bonchev–Trinajstić information content (AvgIpc) is 3.39. The summed E-state index contributed by atoms with van der Waals surface area (Å²) in [5.41, 5.74) is 1.62. The summed E-state index contributed by atoms with van der Waals surface area (Å²) in [7, 11) is 0. The summed E-state index contributed by atoms with van der Waals surface area (Å²) in [4.78, 5) is 4.50. The fourth-order valence-corrected chi connectivity index (χ4v) is 3.68. The van der Waals surface area contributed by atoms with Crippen molar-refractivity contribution in [3.8, 4) is 0 Å². The highest BCUT2D eigenvalue weighted by Gasteiger charge is 2.32. The molecule has 0 aliphatic carbocycles. The van der Waals surface area contributed by atoms with Crippen LogP contribution in [0.2, 0.25) is 0 Å². The van der Waals surface area contributed by atoms with E-state index in [4.69, 9.17) is 14.9 Å². The van der Waals surface area contributed by atoms with E-state index in [0.717, 1.165) is 35.5 Å². The maximum atomic E-state index is 13.6. The van der Waals surface area contributed by atoms with Gasteiger partial charge in [0.15, 0.2) is 5.79 Å². The molecule has 1 fully saturated rings. The second kappa shape index (κ2) is 12.4. The SMILES string of the molecule is C=c1/c(=C(/C)N=CCCC)ccn1C1CCC(C(O)c2ccc(F)c(CO)c2)O1.CC(C)(O)O. The number of ether oxygens (including phenoxy) is 1. The lowest BCUT2D eigenvalue weighted by atomic mass is 10.00. The van der Waals surface area contributed by atoms with Crippen molar-refractivity contribution in [1.82, 2.24) is 4.57 Å². The Morgan fingerprint density at radius 3 is 2.62 bits per heavy atom. The van der Waals surface area contributed by atoms with E-state index < -0.39 is 30.4 Å². The second-order valence-electron chi connectivity index (χ2n) is 8.92. The number of benzene rings is 1. The van der Waals surface area contributed by atoms with Gasteiger partial charge < -0.3 is 29.7 Å². The van der Waals surface area contributed by atoms with Gasteiger partial charge in [0, 0.05) is 34.2 Å². The third-order valence-corrected chi connectivity index (χ3v) is 5.39. The van der Waals surface area contributed by atoms with Gasteiger partial charge in [-0.15, -0.1) is 0 Å². The molecule has 0 bridgehead atoms. The van der Waals surface area contributed by atoms with Crippen molar-refractivity contribution in [3.63, 3.8) is 0 Å². The van der Waals surface area contributed by atoms with Gasteiger partial charge in [-0.2, -0.15) is 0 Å². The Morgan fingerprint density at radius 2 is 2.00 bits per heavy atom. The largest absolute Gasteiger partial charge is 0.392 e. The maximum Gasteiger partial charge on any atom is 0.156 e. The molecule has 1 aliphatic heterocycles. The van der Waals surface area contributed by atoms with Crippen molar-refractivity contribution in [3.05, 3.63) is 58.0 Å². The third kappa shape index (κ3) is 7.85. The number of aliphatic hydroxyl groups excluding tert-OH is 2. The highest BCUT2D eigenvalue weighted by molar-refractivity contribution is 5.64. The lowest BCUT2D eigenvalue weighted by molar-refractivity contribution is -0.127. The lowest BCUT2D eigenvalue weighted by Crippen LogP contribution is -2.31. The Hall–Kier alpha value is -2.36. The summed E-state index contributed by atoms with van der Waals surface area (Å²) in [6.07, 6.45) is 5.76. The minimum atomic E-state index is -1.50. The minimum Gasteiger partial charge on any atom is -0.392 e. The highest BCUT2D eigenvalue weighted by atomic mass is 19.1. The highest BCUT2D eigenvalue weighted by Crippen LogP contribution is 2.35. The number of unbranched alkanes of at least 4 members (excludes halogenated alkanes) is 1. The minimum absolute atomic E-state index is 0.167. The monoisotopic (exact) mass is 476 g/mol. The van der Waals surface area contributed by atoms with E-state index in [1.165, 1.54) is 32.0 Å². The number of aromatic nitrogens is 1. The number of aliphatic imine (C=N–C) groups is 1. The van der Waals surface area contributed by atoms with Crippen molar-refractivity contribution in [2.75, 3.05) is 0 Å². The predicted molar refractivity (Wildman–Crippen MR) is 131 cm³/mol. The Morgan fingerprint density at radius 1 is 1.32 bits per heavy atom. The molecule has 0 amide bonds. The molecule has 3 unspecified atom stereocenters. The Bertz CT molecular complexity index is 1070. The Balaban J connectivity index is 0.000000739. The van der Waals surface area contributed by atoms with Gasteiger partial charge in [0.2, 0.25) is 0 Å². The van der Waals surface area contributed by atoms with E-state index >= 15 is 0 Å². The molecular weight excluding hydrogens is 439 g/mol. The van der Waals surface area contributed by atoms with Gasteiger partial charge in [0.25, 0.3) is 0 Å². The van der Waals surface area contributed by atoms with Gasteiger partial charge >= 0.3 is 0 Å². The molecule has 2 aromatic rings. The zero-order valence-electron chi connectivity index (χ0n) is 20.4. The van der Waals surface area contributed by atoms with Gasteiger partial charge in [-0.3, -0.25) is 4.99 Å². The number of hydrogen-bond acceptors (Lipinski definition) is 6. The summed E-state index contributed by atoms with van der Waals surface area (Å²) < 4.78 is 21.7. The first kappa shape index (κ1) is 27.9. The van der Waals surface area contributed by atoms with Crippen LogP contribution >= 0.6 is 0 Å². The van der Waals surface area contributed by atoms with Gasteiger partial charge in [-0.05, 0) is 63.8 Å². The number of aliphatic hydroxyl groups is 4. The zero-order chi connectivity index (χ0) is 25.5. The molecule has 3 rings (SSSR count).